The lowest BCUT2D eigenvalue weighted by Gasteiger charge is -2.01. The van der Waals surface area contributed by atoms with Gasteiger partial charge in [-0.1, -0.05) is 12.1 Å². The van der Waals surface area contributed by atoms with Gasteiger partial charge in [-0.25, -0.2) is 4.39 Å². The zero-order valence-electron chi connectivity index (χ0n) is 5.34. The highest BCUT2D eigenvalue weighted by molar-refractivity contribution is 5.57. The van der Waals surface area contributed by atoms with Crippen molar-refractivity contribution < 1.29 is 9.50 Å². The lowest BCUT2D eigenvalue weighted by atomic mass is 10.2. The average Bonchev–Trinajstić information content (AvgIpc) is 1.95. The van der Waals surface area contributed by atoms with E-state index in [9.17, 15) is 4.39 Å². The van der Waals surface area contributed by atoms with Crippen molar-refractivity contribution in [2.75, 3.05) is 5.73 Å². The van der Waals surface area contributed by atoms with E-state index in [1.54, 1.807) is 6.07 Å². The van der Waals surface area contributed by atoms with Gasteiger partial charge in [-0.05, 0) is 6.07 Å². The summed E-state index contributed by atoms with van der Waals surface area (Å²) in [5.74, 6) is -0.0600. The number of phenolic OH excluding ortho intramolecular Hbond substituents is 1. The summed E-state index contributed by atoms with van der Waals surface area (Å²) >= 11 is 0. The van der Waals surface area contributed by atoms with Crippen molar-refractivity contribution in [1.82, 2.24) is 0 Å². The number of alkyl halides is 1. The average molecular weight is 141 g/mol. The number of nitrogen functional groups attached to an aromatic ring is 1. The Morgan fingerprint density at radius 3 is 2.70 bits per heavy atom. The van der Waals surface area contributed by atoms with Crippen LogP contribution >= 0.6 is 0 Å². The van der Waals surface area contributed by atoms with Gasteiger partial charge in [0.1, 0.15) is 12.4 Å². The van der Waals surface area contributed by atoms with Gasteiger partial charge in [-0.2, -0.15) is 0 Å². The number of nitrogens with two attached hydrogens (primary N) is 1. The largest absolute Gasteiger partial charge is 0.506 e. The van der Waals surface area contributed by atoms with Gasteiger partial charge in [0.15, 0.2) is 0 Å². The number of hydrogen-bond acceptors (Lipinski definition) is 2. The molecule has 1 rings (SSSR count). The van der Waals surface area contributed by atoms with E-state index in [4.69, 9.17) is 10.8 Å². The highest BCUT2D eigenvalue weighted by Crippen LogP contribution is 2.23. The van der Waals surface area contributed by atoms with E-state index in [1.807, 2.05) is 0 Å². The zero-order valence-corrected chi connectivity index (χ0v) is 5.34. The molecule has 0 radical (unpaired) electrons. The second-order valence-electron chi connectivity index (χ2n) is 1.98. The van der Waals surface area contributed by atoms with Crippen LogP contribution in [0.15, 0.2) is 18.2 Å². The fourth-order valence-electron chi connectivity index (χ4n) is 0.716. The molecule has 54 valence electrons. The van der Waals surface area contributed by atoms with Crippen LogP contribution in [0.25, 0.3) is 0 Å². The van der Waals surface area contributed by atoms with Gasteiger partial charge in [-0.15, -0.1) is 0 Å². The Kier molecular flexibility index (Phi) is 1.76. The van der Waals surface area contributed by atoms with Crippen LogP contribution in [0.1, 0.15) is 5.56 Å². The quantitative estimate of drug-likeness (QED) is 0.459. The van der Waals surface area contributed by atoms with E-state index in [2.05, 4.69) is 0 Å². The monoisotopic (exact) mass is 141 g/mol. The van der Waals surface area contributed by atoms with Crippen LogP contribution in [0.3, 0.4) is 0 Å². The molecule has 2 nitrogen and oxygen atoms in total. The second kappa shape index (κ2) is 2.56. The third-order valence-electron chi connectivity index (χ3n) is 1.32. The molecule has 0 saturated carbocycles. The third-order valence-corrected chi connectivity index (χ3v) is 1.32. The zero-order chi connectivity index (χ0) is 7.56. The molecule has 0 heterocycles. The molecule has 0 saturated heterocycles. The minimum absolute atomic E-state index is 0.0600. The molecule has 10 heavy (non-hydrogen) atoms. The maximum Gasteiger partial charge on any atom is 0.138 e. The molecule has 0 atom stereocenters. The number of phenols is 1. The molecule has 0 fully saturated rings. The van der Waals surface area contributed by atoms with E-state index in [0.717, 1.165) is 0 Å². The molecule has 0 unspecified atom stereocenters. The Bertz CT molecular complexity index is 237. The smallest absolute Gasteiger partial charge is 0.138 e. The molecule has 0 aromatic heterocycles. The first-order valence-corrected chi connectivity index (χ1v) is 2.88. The summed E-state index contributed by atoms with van der Waals surface area (Å²) in [6, 6.07) is 4.52. The summed E-state index contributed by atoms with van der Waals surface area (Å²) in [5.41, 5.74) is 5.77. The van der Waals surface area contributed by atoms with E-state index < -0.39 is 6.67 Å². The number of benzene rings is 1. The van der Waals surface area contributed by atoms with Crippen LogP contribution < -0.4 is 5.73 Å². The van der Waals surface area contributed by atoms with Gasteiger partial charge in [0, 0.05) is 5.56 Å². The molecular weight excluding hydrogens is 133 g/mol. The molecule has 0 bridgehead atoms. The first-order chi connectivity index (χ1) is 4.75. The SMILES string of the molecule is Nc1c(O)cccc1CF. The minimum atomic E-state index is -0.639. The number of anilines is 1. The lowest BCUT2D eigenvalue weighted by Crippen LogP contribution is -1.91. The highest BCUT2D eigenvalue weighted by Gasteiger charge is 2.00. The van der Waals surface area contributed by atoms with E-state index in [0.29, 0.717) is 5.56 Å². The summed E-state index contributed by atoms with van der Waals surface area (Å²) in [4.78, 5) is 0. The summed E-state index contributed by atoms with van der Waals surface area (Å²) in [6.45, 7) is -0.639. The van der Waals surface area contributed by atoms with Crippen LogP contribution in [-0.4, -0.2) is 5.11 Å². The Morgan fingerprint density at radius 1 is 1.50 bits per heavy atom. The molecular formula is C7H8FNO. The molecule has 0 aliphatic rings. The third kappa shape index (κ3) is 1.03. The minimum Gasteiger partial charge on any atom is -0.506 e. The Morgan fingerprint density at radius 2 is 2.20 bits per heavy atom. The van der Waals surface area contributed by atoms with E-state index in [-0.39, 0.29) is 11.4 Å². The molecule has 0 spiro atoms. The molecule has 0 aliphatic heterocycles. The van der Waals surface area contributed by atoms with E-state index >= 15 is 0 Å². The van der Waals surface area contributed by atoms with Crippen molar-refractivity contribution in [2.24, 2.45) is 0 Å². The first kappa shape index (κ1) is 6.86. The Balaban J connectivity index is 3.14. The van der Waals surface area contributed by atoms with Crippen LogP contribution in [-0.2, 0) is 6.67 Å². The summed E-state index contributed by atoms with van der Waals surface area (Å²) in [7, 11) is 0. The Labute approximate surface area is 58.1 Å². The number of hydrogen-bond donors (Lipinski definition) is 2. The van der Waals surface area contributed by atoms with Gasteiger partial charge in [0.05, 0.1) is 5.69 Å². The number of aromatic hydroxyl groups is 1. The fraction of sp³-hybridized carbons (Fsp3) is 0.143. The summed E-state index contributed by atoms with van der Waals surface area (Å²) < 4.78 is 12.0. The normalized spacial score (nSPS) is 9.70. The van der Waals surface area contributed by atoms with Crippen molar-refractivity contribution in [3.8, 4) is 5.75 Å². The second-order valence-corrected chi connectivity index (χ2v) is 1.98. The fourth-order valence-corrected chi connectivity index (χ4v) is 0.716. The maximum absolute atomic E-state index is 12.0. The van der Waals surface area contributed by atoms with Crippen molar-refractivity contribution >= 4 is 5.69 Å². The van der Waals surface area contributed by atoms with Crippen molar-refractivity contribution in [3.05, 3.63) is 23.8 Å². The van der Waals surface area contributed by atoms with Gasteiger partial charge >= 0.3 is 0 Å². The maximum atomic E-state index is 12.0. The van der Waals surface area contributed by atoms with Crippen molar-refractivity contribution in [3.63, 3.8) is 0 Å². The predicted octanol–water partition coefficient (Wildman–Crippen LogP) is 1.44. The molecule has 3 N–H and O–H groups in total. The number of halogens is 1. The van der Waals surface area contributed by atoms with Crippen molar-refractivity contribution in [1.29, 1.82) is 0 Å². The topological polar surface area (TPSA) is 46.2 Å². The standard InChI is InChI=1S/C7H8FNO/c8-4-5-2-1-3-6(10)7(5)9/h1-3,10H,4,9H2. The Hall–Kier alpha value is -1.25. The summed E-state index contributed by atoms with van der Waals surface area (Å²) in [6.07, 6.45) is 0. The molecule has 1 aromatic rings. The number of para-hydroxylation sites is 1. The van der Waals surface area contributed by atoms with Crippen molar-refractivity contribution in [2.45, 2.75) is 6.67 Å². The van der Waals surface area contributed by atoms with Crippen LogP contribution in [0.4, 0.5) is 10.1 Å². The first-order valence-electron chi connectivity index (χ1n) is 2.88. The van der Waals surface area contributed by atoms with Crippen LogP contribution in [0, 0.1) is 0 Å². The molecule has 3 heteroatoms. The lowest BCUT2D eigenvalue weighted by molar-refractivity contribution is 0.466. The van der Waals surface area contributed by atoms with Crippen LogP contribution in [0.5, 0.6) is 5.75 Å². The van der Waals surface area contributed by atoms with Crippen LogP contribution in [0.2, 0.25) is 0 Å². The molecule has 1 aromatic carbocycles. The highest BCUT2D eigenvalue weighted by atomic mass is 19.1. The molecule has 0 aliphatic carbocycles. The summed E-state index contributed by atoms with van der Waals surface area (Å²) in [5, 5.41) is 8.94. The van der Waals surface area contributed by atoms with Gasteiger partial charge in [-0.3, -0.25) is 0 Å². The predicted molar refractivity (Wildman–Crippen MR) is 37.3 cm³/mol. The van der Waals surface area contributed by atoms with Gasteiger partial charge < -0.3 is 10.8 Å². The van der Waals surface area contributed by atoms with E-state index in [1.165, 1.54) is 12.1 Å². The van der Waals surface area contributed by atoms with Gasteiger partial charge in [0.2, 0.25) is 0 Å². The number of rotatable bonds is 1. The molecule has 0 amide bonds. The van der Waals surface area contributed by atoms with Gasteiger partial charge in [0.25, 0.3) is 0 Å².